The van der Waals surface area contributed by atoms with Gasteiger partial charge in [-0.3, -0.25) is 4.79 Å². The lowest BCUT2D eigenvalue weighted by Gasteiger charge is -2.14. The lowest BCUT2D eigenvalue weighted by atomic mass is 10.1. The molecule has 2 aromatic rings. The molecule has 0 spiro atoms. The summed E-state index contributed by atoms with van der Waals surface area (Å²) in [5.41, 5.74) is -1.25. The van der Waals surface area contributed by atoms with Gasteiger partial charge in [0, 0.05) is 12.1 Å². The Morgan fingerprint density at radius 1 is 1.25 bits per heavy atom. The van der Waals surface area contributed by atoms with E-state index in [0.717, 1.165) is 12.5 Å². The summed E-state index contributed by atoms with van der Waals surface area (Å²) in [7, 11) is 0. The fourth-order valence-corrected chi connectivity index (χ4v) is 1.94. The zero-order chi connectivity index (χ0) is 17.7. The standard InChI is InChI=1S/C16H17F3N4O/c1-3-10(2)22-14-8-13(20-9-21-14)15(24)23-12-7-5-4-6-11(12)16(17,18)19/h4-10H,3H2,1-2H3,(H,23,24)(H,20,21,22). The van der Waals surface area contributed by atoms with E-state index in [2.05, 4.69) is 20.6 Å². The summed E-state index contributed by atoms with van der Waals surface area (Å²) in [5.74, 6) is -0.296. The Hall–Kier alpha value is -2.64. The highest BCUT2D eigenvalue weighted by Crippen LogP contribution is 2.34. The normalized spacial score (nSPS) is 12.5. The molecule has 0 saturated carbocycles. The smallest absolute Gasteiger partial charge is 0.368 e. The van der Waals surface area contributed by atoms with Crippen LogP contribution in [0.15, 0.2) is 36.7 Å². The maximum Gasteiger partial charge on any atom is 0.418 e. The average Bonchev–Trinajstić information content (AvgIpc) is 2.54. The van der Waals surface area contributed by atoms with Crippen LogP contribution in [0.2, 0.25) is 0 Å². The van der Waals surface area contributed by atoms with Crippen molar-refractivity contribution < 1.29 is 18.0 Å². The number of amides is 1. The first kappa shape index (κ1) is 17.7. The van der Waals surface area contributed by atoms with Crippen molar-refractivity contribution in [3.63, 3.8) is 0 Å². The van der Waals surface area contributed by atoms with Crippen LogP contribution in [0.1, 0.15) is 36.3 Å². The number of hydrogen-bond acceptors (Lipinski definition) is 4. The molecule has 1 amide bonds. The van der Waals surface area contributed by atoms with Gasteiger partial charge in [-0.2, -0.15) is 13.2 Å². The highest BCUT2D eigenvalue weighted by atomic mass is 19.4. The number of carbonyl (C=O) groups is 1. The van der Waals surface area contributed by atoms with Gasteiger partial charge in [0.05, 0.1) is 11.3 Å². The molecule has 0 bridgehead atoms. The van der Waals surface area contributed by atoms with E-state index in [4.69, 9.17) is 0 Å². The van der Waals surface area contributed by atoms with E-state index >= 15 is 0 Å². The molecule has 1 atom stereocenters. The lowest BCUT2D eigenvalue weighted by molar-refractivity contribution is -0.136. The minimum atomic E-state index is -4.56. The zero-order valence-corrected chi connectivity index (χ0v) is 13.2. The Morgan fingerprint density at radius 3 is 2.62 bits per heavy atom. The van der Waals surface area contributed by atoms with Crippen molar-refractivity contribution in [1.82, 2.24) is 9.97 Å². The monoisotopic (exact) mass is 338 g/mol. The number of alkyl halides is 3. The number of carbonyl (C=O) groups excluding carboxylic acids is 1. The number of halogens is 3. The molecule has 2 N–H and O–H groups in total. The first-order valence-electron chi connectivity index (χ1n) is 7.37. The van der Waals surface area contributed by atoms with Gasteiger partial charge in [-0.15, -0.1) is 0 Å². The number of para-hydroxylation sites is 1. The van der Waals surface area contributed by atoms with Gasteiger partial charge in [-0.25, -0.2) is 9.97 Å². The number of anilines is 2. The maximum absolute atomic E-state index is 13.0. The van der Waals surface area contributed by atoms with Crippen LogP contribution in [0.4, 0.5) is 24.7 Å². The van der Waals surface area contributed by atoms with Crippen molar-refractivity contribution in [2.24, 2.45) is 0 Å². The summed E-state index contributed by atoms with van der Waals surface area (Å²) in [4.78, 5) is 20.0. The Morgan fingerprint density at radius 2 is 1.96 bits per heavy atom. The quantitative estimate of drug-likeness (QED) is 0.866. The van der Waals surface area contributed by atoms with Crippen molar-refractivity contribution in [2.75, 3.05) is 10.6 Å². The third kappa shape index (κ3) is 4.43. The summed E-state index contributed by atoms with van der Waals surface area (Å²) < 4.78 is 38.9. The molecule has 0 aliphatic rings. The Bertz CT molecular complexity index is 718. The van der Waals surface area contributed by atoms with Gasteiger partial charge >= 0.3 is 6.18 Å². The number of nitrogens with zero attached hydrogens (tertiary/aromatic N) is 2. The molecule has 5 nitrogen and oxygen atoms in total. The Labute approximate surface area is 137 Å². The minimum absolute atomic E-state index is 0.0206. The van der Waals surface area contributed by atoms with Crippen LogP contribution in [-0.4, -0.2) is 21.9 Å². The van der Waals surface area contributed by atoms with Gasteiger partial charge < -0.3 is 10.6 Å². The molecule has 1 aromatic heterocycles. The Kier molecular flexibility index (Phi) is 5.38. The van der Waals surface area contributed by atoms with Crippen molar-refractivity contribution in [2.45, 2.75) is 32.5 Å². The van der Waals surface area contributed by atoms with Gasteiger partial charge in [-0.1, -0.05) is 19.1 Å². The van der Waals surface area contributed by atoms with Gasteiger partial charge in [0.2, 0.25) is 0 Å². The second-order valence-electron chi connectivity index (χ2n) is 5.24. The highest BCUT2D eigenvalue weighted by Gasteiger charge is 2.33. The molecule has 2 rings (SSSR count). The molecule has 24 heavy (non-hydrogen) atoms. The number of rotatable bonds is 5. The first-order chi connectivity index (χ1) is 11.3. The molecule has 0 saturated heterocycles. The second kappa shape index (κ2) is 7.29. The molecule has 0 radical (unpaired) electrons. The second-order valence-corrected chi connectivity index (χ2v) is 5.24. The number of hydrogen-bond donors (Lipinski definition) is 2. The number of benzene rings is 1. The van der Waals surface area contributed by atoms with Crippen LogP contribution < -0.4 is 10.6 Å². The highest BCUT2D eigenvalue weighted by molar-refractivity contribution is 6.03. The summed E-state index contributed by atoms with van der Waals surface area (Å²) in [6, 6.07) is 6.32. The molecule has 1 unspecified atom stereocenters. The van der Waals surface area contributed by atoms with Crippen molar-refractivity contribution in [3.8, 4) is 0 Å². The van der Waals surface area contributed by atoms with Gasteiger partial charge in [0.1, 0.15) is 17.8 Å². The van der Waals surface area contributed by atoms with E-state index in [1.54, 1.807) is 0 Å². The van der Waals surface area contributed by atoms with E-state index < -0.39 is 17.6 Å². The van der Waals surface area contributed by atoms with Crippen LogP contribution in [-0.2, 0) is 6.18 Å². The van der Waals surface area contributed by atoms with Crippen LogP contribution in [0.25, 0.3) is 0 Å². The molecule has 1 heterocycles. The molecule has 128 valence electrons. The molecule has 0 aliphatic carbocycles. The first-order valence-corrected chi connectivity index (χ1v) is 7.37. The molecular formula is C16H17F3N4O. The predicted octanol–water partition coefficient (Wildman–Crippen LogP) is 3.96. The van der Waals surface area contributed by atoms with E-state index in [1.165, 1.54) is 30.6 Å². The van der Waals surface area contributed by atoms with Crippen LogP contribution in [0.3, 0.4) is 0 Å². The van der Waals surface area contributed by atoms with Gasteiger partial charge in [0.15, 0.2) is 0 Å². The third-order valence-corrected chi connectivity index (χ3v) is 3.39. The predicted molar refractivity (Wildman–Crippen MR) is 84.8 cm³/mol. The van der Waals surface area contributed by atoms with E-state index in [9.17, 15) is 18.0 Å². The van der Waals surface area contributed by atoms with Crippen LogP contribution in [0.5, 0.6) is 0 Å². The molecule has 0 fully saturated rings. The topological polar surface area (TPSA) is 66.9 Å². The minimum Gasteiger partial charge on any atom is -0.368 e. The summed E-state index contributed by atoms with van der Waals surface area (Å²) in [6.07, 6.45) is -2.52. The molecule has 8 heteroatoms. The molecule has 0 aliphatic heterocycles. The van der Waals surface area contributed by atoms with E-state index in [-0.39, 0.29) is 17.4 Å². The molecule has 1 aromatic carbocycles. The molecular weight excluding hydrogens is 321 g/mol. The van der Waals surface area contributed by atoms with Gasteiger partial charge in [0.25, 0.3) is 5.91 Å². The number of nitrogens with one attached hydrogen (secondary N) is 2. The zero-order valence-electron chi connectivity index (χ0n) is 13.2. The van der Waals surface area contributed by atoms with Gasteiger partial charge in [-0.05, 0) is 25.5 Å². The van der Waals surface area contributed by atoms with Crippen molar-refractivity contribution in [1.29, 1.82) is 0 Å². The summed E-state index contributed by atoms with van der Waals surface area (Å²) in [6.45, 7) is 3.93. The van der Waals surface area contributed by atoms with Crippen molar-refractivity contribution in [3.05, 3.63) is 47.9 Å². The SMILES string of the molecule is CCC(C)Nc1cc(C(=O)Nc2ccccc2C(F)(F)F)ncn1. The summed E-state index contributed by atoms with van der Waals surface area (Å²) >= 11 is 0. The number of aromatic nitrogens is 2. The maximum atomic E-state index is 13.0. The fourth-order valence-electron chi connectivity index (χ4n) is 1.94. The Balaban J connectivity index is 2.21. The van der Waals surface area contributed by atoms with Crippen LogP contribution in [0, 0.1) is 0 Å². The van der Waals surface area contributed by atoms with E-state index in [0.29, 0.717) is 5.82 Å². The van der Waals surface area contributed by atoms with Crippen LogP contribution >= 0.6 is 0 Å². The average molecular weight is 338 g/mol. The largest absolute Gasteiger partial charge is 0.418 e. The summed E-state index contributed by atoms with van der Waals surface area (Å²) in [5, 5.41) is 5.33. The lowest BCUT2D eigenvalue weighted by Crippen LogP contribution is -2.19. The fraction of sp³-hybridized carbons (Fsp3) is 0.312. The third-order valence-electron chi connectivity index (χ3n) is 3.39. The van der Waals surface area contributed by atoms with Crippen molar-refractivity contribution >= 4 is 17.4 Å². The van der Waals surface area contributed by atoms with E-state index in [1.807, 2.05) is 13.8 Å².